The number of aromatic amines is 1. The summed E-state index contributed by atoms with van der Waals surface area (Å²) in [7, 11) is 0. The van der Waals surface area contributed by atoms with Crippen molar-refractivity contribution in [3.8, 4) is 0 Å². The summed E-state index contributed by atoms with van der Waals surface area (Å²) in [6.45, 7) is 3.48. The van der Waals surface area contributed by atoms with E-state index in [0.717, 1.165) is 10.6 Å². The van der Waals surface area contributed by atoms with Crippen LogP contribution in [-0.4, -0.2) is 39.4 Å². The van der Waals surface area contributed by atoms with Crippen molar-refractivity contribution in [1.82, 2.24) is 9.55 Å². The number of H-pyrrole nitrogens is 1. The number of rotatable bonds is 0. The van der Waals surface area contributed by atoms with E-state index in [2.05, 4.69) is 4.98 Å². The summed E-state index contributed by atoms with van der Waals surface area (Å²) in [6, 6.07) is 1.11. The molecule has 20 heavy (non-hydrogen) atoms. The summed E-state index contributed by atoms with van der Waals surface area (Å²) >= 11 is 0. The van der Waals surface area contributed by atoms with E-state index in [-0.39, 0.29) is 5.69 Å². The zero-order valence-electron chi connectivity index (χ0n) is 10.8. The normalized spacial score (nSPS) is 36.8. The molecule has 2 fully saturated rings. The Morgan fingerprint density at radius 3 is 2.65 bits per heavy atom. The minimum Gasteiger partial charge on any atom is -0.341 e. The summed E-state index contributed by atoms with van der Waals surface area (Å²) in [5.74, 6) is -1.27. The molecule has 2 bridgehead atoms. The molecule has 2 saturated heterocycles. The number of fused-ring (bicyclic) bond motifs is 7. The first-order chi connectivity index (χ1) is 9.37. The minimum absolute atomic E-state index is 0.0411. The summed E-state index contributed by atoms with van der Waals surface area (Å²) in [5.41, 5.74) is -1.25. The molecule has 106 valence electrons. The minimum atomic E-state index is -0.840. The number of hydrogen-bond acceptors (Lipinski definition) is 6. The Bertz CT molecular complexity index is 732. The maximum absolute atomic E-state index is 12.4. The number of Topliss-reactive ketones (excluding diaryl/α,β-unsaturated/α-hetero) is 1. The predicted octanol–water partition coefficient (Wildman–Crippen LogP) is -0.850. The Kier molecular flexibility index (Phi) is 2.08. The fourth-order valence-corrected chi connectivity index (χ4v) is 3.09. The second kappa shape index (κ2) is 3.46. The van der Waals surface area contributed by atoms with E-state index in [4.69, 9.17) is 14.2 Å². The average molecular weight is 280 g/mol. The van der Waals surface area contributed by atoms with Crippen LogP contribution < -0.4 is 11.2 Å². The van der Waals surface area contributed by atoms with Crippen molar-refractivity contribution >= 4 is 5.78 Å². The van der Waals surface area contributed by atoms with Crippen molar-refractivity contribution in [2.45, 2.75) is 44.2 Å². The van der Waals surface area contributed by atoms with Crippen molar-refractivity contribution in [1.29, 1.82) is 0 Å². The molecule has 0 amide bonds. The van der Waals surface area contributed by atoms with Crippen LogP contribution >= 0.6 is 0 Å². The van der Waals surface area contributed by atoms with Gasteiger partial charge >= 0.3 is 5.69 Å². The second-order valence-electron chi connectivity index (χ2n) is 5.57. The van der Waals surface area contributed by atoms with Crippen LogP contribution in [0.25, 0.3) is 0 Å². The second-order valence-corrected chi connectivity index (χ2v) is 5.57. The van der Waals surface area contributed by atoms with Crippen LogP contribution in [-0.2, 0) is 14.2 Å². The number of nitrogens with one attached hydrogen (secondary N) is 1. The summed E-state index contributed by atoms with van der Waals surface area (Å²) in [4.78, 5) is 37.8. The molecular formula is C12H12N2O6. The molecule has 0 saturated carbocycles. The molecule has 4 atom stereocenters. The van der Waals surface area contributed by atoms with Gasteiger partial charge in [-0.05, 0) is 13.8 Å². The van der Waals surface area contributed by atoms with Gasteiger partial charge < -0.3 is 14.2 Å². The maximum Gasteiger partial charge on any atom is 0.331 e. The molecule has 3 aliphatic rings. The van der Waals surface area contributed by atoms with Gasteiger partial charge in [-0.1, -0.05) is 0 Å². The van der Waals surface area contributed by atoms with E-state index < -0.39 is 47.4 Å². The van der Waals surface area contributed by atoms with Crippen molar-refractivity contribution in [3.05, 3.63) is 32.6 Å². The van der Waals surface area contributed by atoms with Crippen LogP contribution in [0.3, 0.4) is 0 Å². The molecular weight excluding hydrogens is 268 g/mol. The number of ether oxygens (including phenoxy) is 3. The molecule has 0 radical (unpaired) electrons. The van der Waals surface area contributed by atoms with Crippen LogP contribution in [0.5, 0.6) is 0 Å². The van der Waals surface area contributed by atoms with Gasteiger partial charge in [0.2, 0.25) is 5.78 Å². The fourth-order valence-electron chi connectivity index (χ4n) is 3.09. The smallest absolute Gasteiger partial charge is 0.331 e. The van der Waals surface area contributed by atoms with Crippen molar-refractivity contribution in [2.75, 3.05) is 0 Å². The van der Waals surface area contributed by atoms with Gasteiger partial charge in [-0.3, -0.25) is 19.1 Å². The summed E-state index contributed by atoms with van der Waals surface area (Å²) in [6.07, 6.45) is -2.72. The Morgan fingerprint density at radius 2 is 1.90 bits per heavy atom. The Labute approximate surface area is 112 Å². The van der Waals surface area contributed by atoms with E-state index in [1.807, 2.05) is 0 Å². The van der Waals surface area contributed by atoms with Gasteiger partial charge in [0.05, 0.1) is 5.69 Å². The van der Waals surface area contributed by atoms with Crippen LogP contribution in [0.2, 0.25) is 0 Å². The molecule has 0 aromatic carbocycles. The highest BCUT2D eigenvalue weighted by Gasteiger charge is 2.61. The number of aromatic nitrogens is 2. The highest BCUT2D eigenvalue weighted by Crippen LogP contribution is 2.45. The first-order valence-corrected chi connectivity index (χ1v) is 6.28. The highest BCUT2D eigenvalue weighted by atomic mass is 16.8. The van der Waals surface area contributed by atoms with Gasteiger partial charge in [0.1, 0.15) is 12.2 Å². The molecule has 1 aromatic rings. The molecule has 1 aromatic heterocycles. The topological polar surface area (TPSA) is 99.6 Å². The average Bonchev–Trinajstić information content (AvgIpc) is 2.79. The maximum atomic E-state index is 12.4. The highest BCUT2D eigenvalue weighted by molar-refractivity contribution is 5.99. The zero-order chi connectivity index (χ0) is 14.2. The Balaban J connectivity index is 1.92. The molecule has 4 rings (SSSR count). The third kappa shape index (κ3) is 1.38. The lowest BCUT2D eigenvalue weighted by atomic mass is 10.1. The van der Waals surface area contributed by atoms with Gasteiger partial charge in [-0.15, -0.1) is 0 Å². The lowest BCUT2D eigenvalue weighted by molar-refractivity contribution is -0.194. The Morgan fingerprint density at radius 1 is 1.20 bits per heavy atom. The largest absolute Gasteiger partial charge is 0.341 e. The molecule has 1 N–H and O–H groups in total. The molecule has 4 heterocycles. The van der Waals surface area contributed by atoms with Gasteiger partial charge in [0, 0.05) is 6.07 Å². The fraction of sp³-hybridized carbons (Fsp3) is 0.583. The quantitative estimate of drug-likeness (QED) is 0.664. The van der Waals surface area contributed by atoms with Gasteiger partial charge in [-0.2, -0.15) is 0 Å². The van der Waals surface area contributed by atoms with Crippen LogP contribution in [0, 0.1) is 0 Å². The number of hydrogen-bond donors (Lipinski definition) is 1. The number of nitrogens with zero attached hydrogens (tertiary/aromatic N) is 1. The SMILES string of the molecule is CC1(C)OC2C(O1)[C@H]1O[C@@H]2C(=O)c2cc(=O)[nH]c(=O)n21. The van der Waals surface area contributed by atoms with Crippen LogP contribution in [0.4, 0.5) is 0 Å². The molecule has 0 aliphatic carbocycles. The van der Waals surface area contributed by atoms with Crippen molar-refractivity contribution in [3.63, 3.8) is 0 Å². The zero-order valence-corrected chi connectivity index (χ0v) is 10.8. The van der Waals surface area contributed by atoms with E-state index in [1.165, 1.54) is 0 Å². The molecule has 2 unspecified atom stereocenters. The van der Waals surface area contributed by atoms with Crippen LogP contribution in [0.15, 0.2) is 15.7 Å². The Hall–Kier alpha value is -1.77. The standard InChI is InChI=1S/C12H12N2O6/c1-12(2)19-8-7-6(16)4-3-5(15)13-11(17)14(4)10(18-7)9(8)20-12/h3,7-10H,1-2H3,(H,13,15,17)/t7-,8?,9?,10-/m1/s1. The third-order valence-electron chi connectivity index (χ3n) is 3.77. The number of carbonyl (C=O) groups excluding carboxylic acids is 1. The van der Waals surface area contributed by atoms with Gasteiger partial charge in [0.25, 0.3) is 5.56 Å². The number of carbonyl (C=O) groups is 1. The summed E-state index contributed by atoms with van der Waals surface area (Å²) < 4.78 is 18.1. The first kappa shape index (κ1) is 12.0. The monoisotopic (exact) mass is 280 g/mol. The van der Waals surface area contributed by atoms with Gasteiger partial charge in [-0.25, -0.2) is 4.79 Å². The number of ketones is 1. The predicted molar refractivity (Wildman–Crippen MR) is 63.4 cm³/mol. The van der Waals surface area contributed by atoms with Crippen LogP contribution in [0.1, 0.15) is 30.6 Å². The first-order valence-electron chi connectivity index (χ1n) is 6.28. The van der Waals surface area contributed by atoms with E-state index in [1.54, 1.807) is 13.8 Å². The summed E-state index contributed by atoms with van der Waals surface area (Å²) in [5, 5.41) is 0. The molecule has 0 spiro atoms. The lowest BCUT2D eigenvalue weighted by Crippen LogP contribution is -2.44. The molecule has 8 nitrogen and oxygen atoms in total. The van der Waals surface area contributed by atoms with E-state index in [0.29, 0.717) is 0 Å². The van der Waals surface area contributed by atoms with Gasteiger partial charge in [0.15, 0.2) is 18.1 Å². The van der Waals surface area contributed by atoms with Crippen molar-refractivity contribution in [2.24, 2.45) is 0 Å². The third-order valence-corrected chi connectivity index (χ3v) is 3.77. The van der Waals surface area contributed by atoms with E-state index >= 15 is 0 Å². The van der Waals surface area contributed by atoms with Crippen molar-refractivity contribution < 1.29 is 19.0 Å². The molecule has 3 aliphatic heterocycles. The lowest BCUT2D eigenvalue weighted by Gasteiger charge is -2.29. The van der Waals surface area contributed by atoms with E-state index in [9.17, 15) is 14.4 Å². The molecule has 8 heteroatoms.